The zero-order valence-electron chi connectivity index (χ0n) is 10.8. The SMILES string of the molecule is Fc1cccc2c1C1Cc3ccccc3CN1CC2. The molecule has 2 aromatic carbocycles. The molecule has 0 amide bonds. The van der Waals surface area contributed by atoms with Crippen LogP contribution in [0.5, 0.6) is 0 Å². The van der Waals surface area contributed by atoms with Gasteiger partial charge in [-0.25, -0.2) is 4.39 Å². The maximum absolute atomic E-state index is 14.2. The highest BCUT2D eigenvalue weighted by Crippen LogP contribution is 2.38. The first kappa shape index (κ1) is 11.2. The number of halogens is 1. The Bertz CT molecular complexity index is 635. The number of fused-ring (bicyclic) bond motifs is 4. The van der Waals surface area contributed by atoms with E-state index >= 15 is 0 Å². The average molecular weight is 253 g/mol. The summed E-state index contributed by atoms with van der Waals surface area (Å²) in [4.78, 5) is 2.42. The number of hydrogen-bond donors (Lipinski definition) is 0. The molecule has 0 spiro atoms. The highest BCUT2D eigenvalue weighted by atomic mass is 19.1. The molecule has 0 saturated carbocycles. The van der Waals surface area contributed by atoms with E-state index in [-0.39, 0.29) is 11.9 Å². The van der Waals surface area contributed by atoms with E-state index in [9.17, 15) is 4.39 Å². The zero-order valence-corrected chi connectivity index (χ0v) is 10.8. The van der Waals surface area contributed by atoms with Gasteiger partial charge in [-0.05, 0) is 35.6 Å². The Morgan fingerprint density at radius 3 is 2.63 bits per heavy atom. The van der Waals surface area contributed by atoms with Crippen molar-refractivity contribution in [2.24, 2.45) is 0 Å². The molecule has 2 aliphatic heterocycles. The van der Waals surface area contributed by atoms with Gasteiger partial charge in [0, 0.05) is 24.7 Å². The average Bonchev–Trinajstić information content (AvgIpc) is 2.45. The third kappa shape index (κ3) is 1.71. The Morgan fingerprint density at radius 2 is 1.74 bits per heavy atom. The third-order valence-corrected chi connectivity index (χ3v) is 4.49. The molecule has 4 rings (SSSR count). The summed E-state index contributed by atoms with van der Waals surface area (Å²) in [5.74, 6) is -0.0356. The molecule has 0 aromatic heterocycles. The number of hydrogen-bond acceptors (Lipinski definition) is 1. The van der Waals surface area contributed by atoms with E-state index in [1.807, 2.05) is 6.07 Å². The van der Waals surface area contributed by atoms with E-state index < -0.39 is 0 Å². The van der Waals surface area contributed by atoms with E-state index in [2.05, 4.69) is 35.2 Å². The fraction of sp³-hybridized carbons (Fsp3) is 0.294. The predicted molar refractivity (Wildman–Crippen MR) is 73.4 cm³/mol. The maximum Gasteiger partial charge on any atom is 0.128 e. The largest absolute Gasteiger partial charge is 0.291 e. The smallest absolute Gasteiger partial charge is 0.128 e. The minimum absolute atomic E-state index is 0.0356. The second-order valence-corrected chi connectivity index (χ2v) is 5.52. The van der Waals surface area contributed by atoms with E-state index in [1.54, 1.807) is 6.07 Å². The van der Waals surface area contributed by atoms with Gasteiger partial charge in [0.25, 0.3) is 0 Å². The Balaban J connectivity index is 1.82. The molecular formula is C17H16FN. The van der Waals surface area contributed by atoms with Gasteiger partial charge in [0.05, 0.1) is 0 Å². The summed E-state index contributed by atoms with van der Waals surface area (Å²) in [6, 6.07) is 14.3. The van der Waals surface area contributed by atoms with E-state index in [0.717, 1.165) is 31.5 Å². The predicted octanol–water partition coefficient (Wildman–Crippen LogP) is 3.48. The highest BCUT2D eigenvalue weighted by molar-refractivity contribution is 5.39. The minimum atomic E-state index is -0.0356. The molecule has 0 radical (unpaired) electrons. The van der Waals surface area contributed by atoms with Crippen molar-refractivity contribution < 1.29 is 4.39 Å². The standard InChI is InChI=1S/C17H16FN/c18-15-7-3-6-12-8-9-19-11-14-5-2-1-4-13(14)10-16(19)17(12)15/h1-7,16H,8-11H2. The Hall–Kier alpha value is -1.67. The lowest BCUT2D eigenvalue weighted by molar-refractivity contribution is 0.157. The summed E-state index contributed by atoms with van der Waals surface area (Å²) in [6.07, 6.45) is 1.90. The Kier molecular flexibility index (Phi) is 2.46. The molecule has 19 heavy (non-hydrogen) atoms. The van der Waals surface area contributed by atoms with Crippen molar-refractivity contribution in [3.63, 3.8) is 0 Å². The Labute approximate surface area is 112 Å². The number of benzene rings is 2. The molecule has 0 aliphatic carbocycles. The van der Waals surface area contributed by atoms with Crippen LogP contribution in [0.1, 0.15) is 28.3 Å². The quantitative estimate of drug-likeness (QED) is 0.694. The molecule has 2 aliphatic rings. The third-order valence-electron chi connectivity index (χ3n) is 4.49. The van der Waals surface area contributed by atoms with Gasteiger partial charge in [0.15, 0.2) is 0 Å². The van der Waals surface area contributed by atoms with Gasteiger partial charge in [-0.2, -0.15) is 0 Å². The lowest BCUT2D eigenvalue weighted by atomic mass is 9.84. The van der Waals surface area contributed by atoms with Gasteiger partial charge >= 0.3 is 0 Å². The molecule has 0 fully saturated rings. The van der Waals surface area contributed by atoms with Crippen molar-refractivity contribution in [2.45, 2.75) is 25.4 Å². The maximum atomic E-state index is 14.2. The fourth-order valence-corrected chi connectivity index (χ4v) is 3.53. The summed E-state index contributed by atoms with van der Waals surface area (Å²) < 4.78 is 14.2. The number of rotatable bonds is 0. The lowest BCUT2D eigenvalue weighted by Crippen LogP contribution is -2.39. The van der Waals surface area contributed by atoms with Crippen molar-refractivity contribution in [3.8, 4) is 0 Å². The van der Waals surface area contributed by atoms with Crippen LogP contribution in [0.15, 0.2) is 42.5 Å². The van der Waals surface area contributed by atoms with Gasteiger partial charge in [-0.1, -0.05) is 36.4 Å². The highest BCUT2D eigenvalue weighted by Gasteiger charge is 2.33. The van der Waals surface area contributed by atoms with Gasteiger partial charge in [0.1, 0.15) is 5.82 Å². The summed E-state index contributed by atoms with van der Waals surface area (Å²) in [5.41, 5.74) is 4.90. The van der Waals surface area contributed by atoms with Crippen LogP contribution < -0.4 is 0 Å². The molecule has 1 unspecified atom stereocenters. The normalized spacial score (nSPS) is 21.4. The van der Waals surface area contributed by atoms with Crippen LogP contribution in [0.3, 0.4) is 0 Å². The molecule has 2 heteroatoms. The zero-order chi connectivity index (χ0) is 12.8. The fourth-order valence-electron chi connectivity index (χ4n) is 3.53. The second-order valence-electron chi connectivity index (χ2n) is 5.52. The first-order chi connectivity index (χ1) is 9.33. The molecule has 1 atom stereocenters. The van der Waals surface area contributed by atoms with Crippen molar-refractivity contribution in [3.05, 3.63) is 70.5 Å². The monoisotopic (exact) mass is 253 g/mol. The van der Waals surface area contributed by atoms with Crippen LogP contribution in [0.2, 0.25) is 0 Å². The summed E-state index contributed by atoms with van der Waals surface area (Å²) >= 11 is 0. The number of nitrogens with zero attached hydrogens (tertiary/aromatic N) is 1. The van der Waals surface area contributed by atoms with Gasteiger partial charge in [-0.3, -0.25) is 4.90 Å². The summed E-state index contributed by atoms with van der Waals surface area (Å²) in [6.45, 7) is 1.99. The molecule has 1 nitrogen and oxygen atoms in total. The lowest BCUT2D eigenvalue weighted by Gasteiger charge is -2.41. The van der Waals surface area contributed by atoms with Crippen molar-refractivity contribution in [1.82, 2.24) is 4.90 Å². The van der Waals surface area contributed by atoms with Crippen LogP contribution in [0, 0.1) is 5.82 Å². The molecular weight excluding hydrogens is 237 g/mol. The van der Waals surface area contributed by atoms with Crippen LogP contribution in [-0.2, 0) is 19.4 Å². The molecule has 2 heterocycles. The molecule has 0 saturated heterocycles. The molecule has 2 aromatic rings. The van der Waals surface area contributed by atoms with Crippen molar-refractivity contribution in [1.29, 1.82) is 0 Å². The summed E-state index contributed by atoms with van der Waals surface area (Å²) in [5, 5.41) is 0. The first-order valence-corrected chi connectivity index (χ1v) is 6.91. The van der Waals surface area contributed by atoms with E-state index in [1.165, 1.54) is 16.7 Å². The first-order valence-electron chi connectivity index (χ1n) is 6.91. The second kappa shape index (κ2) is 4.17. The molecule has 0 bridgehead atoms. The van der Waals surface area contributed by atoms with Crippen LogP contribution in [0.25, 0.3) is 0 Å². The topological polar surface area (TPSA) is 3.24 Å². The molecule has 96 valence electrons. The van der Waals surface area contributed by atoms with Crippen molar-refractivity contribution in [2.75, 3.05) is 6.54 Å². The summed E-state index contributed by atoms with van der Waals surface area (Å²) in [7, 11) is 0. The van der Waals surface area contributed by atoms with Crippen LogP contribution in [0.4, 0.5) is 4.39 Å². The van der Waals surface area contributed by atoms with Gasteiger partial charge < -0.3 is 0 Å². The van der Waals surface area contributed by atoms with Crippen LogP contribution >= 0.6 is 0 Å². The molecule has 0 N–H and O–H groups in total. The van der Waals surface area contributed by atoms with Crippen molar-refractivity contribution >= 4 is 0 Å². The van der Waals surface area contributed by atoms with Gasteiger partial charge in [0.2, 0.25) is 0 Å². The van der Waals surface area contributed by atoms with E-state index in [4.69, 9.17) is 0 Å². The Morgan fingerprint density at radius 1 is 0.947 bits per heavy atom. The van der Waals surface area contributed by atoms with E-state index in [0.29, 0.717) is 0 Å². The minimum Gasteiger partial charge on any atom is -0.291 e. The van der Waals surface area contributed by atoms with Gasteiger partial charge in [-0.15, -0.1) is 0 Å². The van der Waals surface area contributed by atoms with Crippen LogP contribution in [-0.4, -0.2) is 11.4 Å².